The minimum Gasteiger partial charge on any atom is -0.497 e. The molecule has 0 aliphatic carbocycles. The summed E-state index contributed by atoms with van der Waals surface area (Å²) in [5, 5.41) is 4.04. The van der Waals surface area contributed by atoms with Gasteiger partial charge in [-0.1, -0.05) is 31.5 Å². The van der Waals surface area contributed by atoms with Gasteiger partial charge in [0.05, 0.1) is 35.8 Å². The normalized spacial score (nSPS) is 12.1. The largest absolute Gasteiger partial charge is 0.497 e. The number of alkyl carbamates (subject to hydrolysis) is 1. The molecule has 13 heteroatoms. The molecule has 0 saturated heterocycles. The first-order valence-electron chi connectivity index (χ1n) is 17.2. The number of aromatic nitrogens is 3. The van der Waals surface area contributed by atoms with Crippen LogP contribution in [0, 0.1) is 12.7 Å². The van der Waals surface area contributed by atoms with Crippen LogP contribution in [-0.4, -0.2) is 60.4 Å². The number of carbonyl (C=O) groups excluding carboxylic acids is 2. The van der Waals surface area contributed by atoms with E-state index < -0.39 is 33.5 Å². The van der Waals surface area contributed by atoms with Gasteiger partial charge in [-0.2, -0.15) is 0 Å². The van der Waals surface area contributed by atoms with E-state index in [4.69, 9.17) is 14.2 Å². The Bertz CT molecular complexity index is 2470. The molecule has 3 aromatic heterocycles. The summed E-state index contributed by atoms with van der Waals surface area (Å²) in [6.45, 7) is 11.9. The van der Waals surface area contributed by atoms with Crippen LogP contribution < -0.4 is 10.1 Å². The number of methoxy groups -OCH3 is 2. The van der Waals surface area contributed by atoms with Gasteiger partial charge in [0.15, 0.2) is 0 Å². The number of benzene rings is 3. The van der Waals surface area contributed by atoms with Crippen molar-refractivity contribution in [3.63, 3.8) is 0 Å². The molecule has 0 bridgehead atoms. The fourth-order valence-electron chi connectivity index (χ4n) is 6.65. The molecule has 0 atom stereocenters. The maximum atomic E-state index is 15.6. The van der Waals surface area contributed by atoms with Crippen molar-refractivity contribution in [3.8, 4) is 28.1 Å². The number of esters is 1. The predicted octanol–water partition coefficient (Wildman–Crippen LogP) is 8.39. The highest BCUT2D eigenvalue weighted by atomic mass is 32.2. The maximum absolute atomic E-state index is 15.6. The first-order chi connectivity index (χ1) is 25.0. The molecule has 278 valence electrons. The molecule has 0 aliphatic heterocycles. The predicted molar refractivity (Wildman–Crippen MR) is 203 cm³/mol. The zero-order valence-electron chi connectivity index (χ0n) is 31.0. The standard InChI is InChI=1S/C40H43FN4O7S/c1-23(2)34-35(30-21-26(50-7)22-32-28(30)13-16-44(32)18-15-42-39(47)52-40(4,5)6)37(38(46)51-8)43-36(34)31-19-25(41)20-33-29(31)14-17-45(33)53(48,49)27-11-9-24(3)10-12-27/h9-14,16-17,19-23,43H,15,18H2,1-8H3,(H,42,47). The summed E-state index contributed by atoms with van der Waals surface area (Å²) in [5.74, 6) is -0.991. The van der Waals surface area contributed by atoms with Gasteiger partial charge in [-0.25, -0.2) is 26.4 Å². The molecular formula is C40H43FN4O7S. The van der Waals surface area contributed by atoms with E-state index in [1.165, 1.54) is 37.6 Å². The first-order valence-corrected chi connectivity index (χ1v) is 18.6. The number of ether oxygens (including phenoxy) is 3. The molecule has 0 spiro atoms. The summed E-state index contributed by atoms with van der Waals surface area (Å²) in [6, 6.07) is 16.3. The summed E-state index contributed by atoms with van der Waals surface area (Å²) in [5.41, 5.74) is 4.07. The van der Waals surface area contributed by atoms with Gasteiger partial charge < -0.3 is 29.1 Å². The van der Waals surface area contributed by atoms with Crippen molar-refractivity contribution in [2.45, 2.75) is 64.5 Å². The van der Waals surface area contributed by atoms with Crippen LogP contribution in [0.5, 0.6) is 5.75 Å². The Kier molecular flexibility index (Phi) is 9.90. The van der Waals surface area contributed by atoms with Crippen molar-refractivity contribution in [1.82, 2.24) is 18.8 Å². The van der Waals surface area contributed by atoms with Crippen LogP contribution >= 0.6 is 0 Å². The fraction of sp³-hybridized carbons (Fsp3) is 0.300. The zero-order valence-corrected chi connectivity index (χ0v) is 31.8. The van der Waals surface area contributed by atoms with E-state index in [2.05, 4.69) is 10.3 Å². The second-order valence-electron chi connectivity index (χ2n) is 14.2. The van der Waals surface area contributed by atoms with Gasteiger partial charge in [-0.3, -0.25) is 0 Å². The van der Waals surface area contributed by atoms with Crippen molar-refractivity contribution in [3.05, 3.63) is 95.7 Å². The van der Waals surface area contributed by atoms with Crippen LogP contribution in [-0.2, 0) is 26.0 Å². The van der Waals surface area contributed by atoms with Gasteiger partial charge in [0.2, 0.25) is 0 Å². The molecule has 53 heavy (non-hydrogen) atoms. The summed E-state index contributed by atoms with van der Waals surface area (Å²) in [4.78, 5) is 29.2. The third-order valence-electron chi connectivity index (χ3n) is 8.98. The Balaban J connectivity index is 1.53. The van der Waals surface area contributed by atoms with E-state index in [1.807, 2.05) is 49.7 Å². The van der Waals surface area contributed by atoms with E-state index in [0.717, 1.165) is 20.4 Å². The number of H-pyrrole nitrogens is 1. The summed E-state index contributed by atoms with van der Waals surface area (Å²) in [7, 11) is -1.24. The maximum Gasteiger partial charge on any atom is 0.407 e. The fourth-order valence-corrected chi connectivity index (χ4v) is 7.98. The van der Waals surface area contributed by atoms with Crippen molar-refractivity contribution < 1.29 is 36.6 Å². The number of hydrogen-bond acceptors (Lipinski definition) is 7. The van der Waals surface area contributed by atoms with Crippen LogP contribution in [0.25, 0.3) is 44.2 Å². The number of aromatic amines is 1. The van der Waals surface area contributed by atoms with Crippen molar-refractivity contribution in [2.24, 2.45) is 0 Å². The number of carbonyl (C=O) groups is 2. The SMILES string of the molecule is COC(=O)c1[nH]c(-c2cc(F)cc3c2ccn3S(=O)(=O)c2ccc(C)cc2)c(C(C)C)c1-c1cc(OC)cc2c1ccn2CCNC(=O)OC(C)(C)C. The van der Waals surface area contributed by atoms with E-state index in [9.17, 15) is 18.0 Å². The lowest BCUT2D eigenvalue weighted by Crippen LogP contribution is -2.34. The molecule has 6 rings (SSSR count). The third kappa shape index (κ3) is 7.13. The molecule has 3 aromatic carbocycles. The first kappa shape index (κ1) is 37.2. The molecule has 6 aromatic rings. The average molecular weight is 743 g/mol. The van der Waals surface area contributed by atoms with Gasteiger partial charge >= 0.3 is 12.1 Å². The highest BCUT2D eigenvalue weighted by Crippen LogP contribution is 2.46. The Labute approximate surface area is 307 Å². The Morgan fingerprint density at radius 2 is 1.60 bits per heavy atom. The van der Waals surface area contributed by atoms with Gasteiger partial charge in [0, 0.05) is 53.4 Å². The molecule has 3 heterocycles. The minimum atomic E-state index is -4.07. The van der Waals surface area contributed by atoms with E-state index in [-0.39, 0.29) is 22.0 Å². The molecule has 1 amide bonds. The van der Waals surface area contributed by atoms with E-state index >= 15 is 4.39 Å². The molecule has 0 fully saturated rings. The number of nitrogens with one attached hydrogen (secondary N) is 2. The number of nitrogens with zero attached hydrogens (tertiary/aromatic N) is 2. The Hall–Kier alpha value is -5.56. The Morgan fingerprint density at radius 1 is 0.925 bits per heavy atom. The lowest BCUT2D eigenvalue weighted by atomic mass is 9.89. The van der Waals surface area contributed by atoms with Gasteiger partial charge in [-0.15, -0.1) is 0 Å². The summed E-state index contributed by atoms with van der Waals surface area (Å²) in [6.07, 6.45) is 2.78. The van der Waals surface area contributed by atoms with Crippen molar-refractivity contribution in [2.75, 3.05) is 20.8 Å². The second-order valence-corrected chi connectivity index (χ2v) is 16.0. The number of aryl methyl sites for hydroxylation is 1. The highest BCUT2D eigenvalue weighted by molar-refractivity contribution is 7.90. The van der Waals surface area contributed by atoms with E-state index in [1.54, 1.807) is 46.1 Å². The molecular weight excluding hydrogens is 700 g/mol. The number of amides is 1. The summed E-state index contributed by atoms with van der Waals surface area (Å²) < 4.78 is 62.7. The molecule has 11 nitrogen and oxygen atoms in total. The quantitative estimate of drug-likeness (QED) is 0.135. The van der Waals surface area contributed by atoms with Crippen LogP contribution in [0.2, 0.25) is 0 Å². The van der Waals surface area contributed by atoms with Gasteiger partial charge in [-0.05, 0) is 87.2 Å². The lowest BCUT2D eigenvalue weighted by Gasteiger charge is -2.19. The second kappa shape index (κ2) is 14.1. The van der Waals surface area contributed by atoms with Crippen LogP contribution in [0.4, 0.5) is 9.18 Å². The number of hydrogen-bond donors (Lipinski definition) is 2. The highest BCUT2D eigenvalue weighted by Gasteiger charge is 2.30. The lowest BCUT2D eigenvalue weighted by molar-refractivity contribution is 0.0524. The summed E-state index contributed by atoms with van der Waals surface area (Å²) >= 11 is 0. The average Bonchev–Trinajstić information content (AvgIpc) is 3.82. The molecule has 0 saturated carbocycles. The molecule has 2 N–H and O–H groups in total. The third-order valence-corrected chi connectivity index (χ3v) is 10.7. The number of fused-ring (bicyclic) bond motifs is 2. The van der Waals surface area contributed by atoms with Gasteiger partial charge in [0.1, 0.15) is 22.9 Å². The topological polar surface area (TPSA) is 134 Å². The smallest absolute Gasteiger partial charge is 0.407 e. The molecule has 0 aliphatic rings. The monoisotopic (exact) mass is 742 g/mol. The van der Waals surface area contributed by atoms with Crippen molar-refractivity contribution >= 4 is 43.9 Å². The zero-order chi connectivity index (χ0) is 38.4. The Morgan fingerprint density at radius 3 is 2.25 bits per heavy atom. The van der Waals surface area contributed by atoms with Crippen molar-refractivity contribution in [1.29, 1.82) is 0 Å². The van der Waals surface area contributed by atoms with Gasteiger partial charge in [0.25, 0.3) is 10.0 Å². The molecule has 0 unspecified atom stereocenters. The van der Waals surface area contributed by atoms with Crippen LogP contribution in [0.1, 0.15) is 62.2 Å². The number of halogens is 1. The molecule has 0 radical (unpaired) electrons. The van der Waals surface area contributed by atoms with E-state index in [0.29, 0.717) is 52.2 Å². The van der Waals surface area contributed by atoms with Crippen LogP contribution in [0.3, 0.4) is 0 Å². The van der Waals surface area contributed by atoms with Crippen LogP contribution in [0.15, 0.2) is 78.0 Å². The number of rotatable bonds is 10. The minimum absolute atomic E-state index is 0.0685.